The van der Waals surface area contributed by atoms with Crippen LogP contribution in [0.3, 0.4) is 0 Å². The molecule has 0 aromatic carbocycles. The van der Waals surface area contributed by atoms with Gasteiger partial charge in [-0.1, -0.05) is 0 Å². The number of hydrogen-bond donors (Lipinski definition) is 2. The Morgan fingerprint density at radius 1 is 1.56 bits per heavy atom. The number of rotatable bonds is 7. The van der Waals surface area contributed by atoms with Crippen molar-refractivity contribution >= 4 is 10.0 Å². The first-order valence-electron chi connectivity index (χ1n) is 5.12. The maximum Gasteiger partial charge on any atom is 0.211 e. The van der Waals surface area contributed by atoms with Crippen molar-refractivity contribution in [2.45, 2.75) is 25.9 Å². The van der Waals surface area contributed by atoms with E-state index < -0.39 is 10.0 Å². The minimum absolute atomic E-state index is 0.0487. The Hall–Kier alpha value is -0.920. The van der Waals surface area contributed by atoms with Crippen LogP contribution in [0.2, 0.25) is 0 Å². The van der Waals surface area contributed by atoms with Crippen LogP contribution in [-0.4, -0.2) is 41.7 Å². The van der Waals surface area contributed by atoms with Crippen LogP contribution in [0.4, 0.5) is 0 Å². The number of aliphatic hydroxyl groups excluding tert-OH is 1. The molecule has 0 radical (unpaired) electrons. The van der Waals surface area contributed by atoms with Gasteiger partial charge in [-0.15, -0.1) is 0 Å². The van der Waals surface area contributed by atoms with Gasteiger partial charge in [0, 0.05) is 25.0 Å². The van der Waals surface area contributed by atoms with Crippen LogP contribution in [0.15, 0.2) is 18.5 Å². The molecule has 0 aliphatic rings. The fraction of sp³-hybridized carbons (Fsp3) is 0.667. The molecule has 0 saturated heterocycles. The Balaban J connectivity index is 2.41. The highest BCUT2D eigenvalue weighted by Crippen LogP contribution is 1.95. The van der Waals surface area contributed by atoms with Gasteiger partial charge in [0.25, 0.3) is 0 Å². The van der Waals surface area contributed by atoms with Gasteiger partial charge >= 0.3 is 0 Å². The summed E-state index contributed by atoms with van der Waals surface area (Å²) in [5.74, 6) is -0.0487. The van der Waals surface area contributed by atoms with E-state index in [1.807, 2.05) is 0 Å². The summed E-state index contributed by atoms with van der Waals surface area (Å²) >= 11 is 0. The molecular weight excluding hydrogens is 230 g/mol. The SMILES string of the molecule is CC(Cn1cccn1)NS(=O)(=O)CCCO. The lowest BCUT2D eigenvalue weighted by molar-refractivity contribution is 0.295. The van der Waals surface area contributed by atoms with E-state index >= 15 is 0 Å². The van der Waals surface area contributed by atoms with Crippen molar-refractivity contribution < 1.29 is 13.5 Å². The first-order valence-corrected chi connectivity index (χ1v) is 6.77. The monoisotopic (exact) mass is 247 g/mol. The summed E-state index contributed by atoms with van der Waals surface area (Å²) in [5.41, 5.74) is 0. The highest BCUT2D eigenvalue weighted by Gasteiger charge is 2.14. The average Bonchev–Trinajstić information content (AvgIpc) is 2.66. The van der Waals surface area contributed by atoms with E-state index in [4.69, 9.17) is 5.11 Å². The van der Waals surface area contributed by atoms with Crippen molar-refractivity contribution in [3.05, 3.63) is 18.5 Å². The fourth-order valence-electron chi connectivity index (χ4n) is 1.35. The maximum atomic E-state index is 11.5. The zero-order valence-corrected chi connectivity index (χ0v) is 10.0. The quantitative estimate of drug-likeness (QED) is 0.685. The molecule has 1 heterocycles. The summed E-state index contributed by atoms with van der Waals surface area (Å²) in [4.78, 5) is 0. The van der Waals surface area contributed by atoms with Crippen molar-refractivity contribution in [2.75, 3.05) is 12.4 Å². The fourth-order valence-corrected chi connectivity index (χ4v) is 2.66. The molecular formula is C9H17N3O3S. The van der Waals surface area contributed by atoms with E-state index in [1.165, 1.54) is 0 Å². The van der Waals surface area contributed by atoms with Gasteiger partial charge in [0.1, 0.15) is 0 Å². The van der Waals surface area contributed by atoms with Gasteiger partial charge in [-0.3, -0.25) is 4.68 Å². The third-order valence-corrected chi connectivity index (χ3v) is 3.56. The molecule has 1 aromatic rings. The average molecular weight is 247 g/mol. The third kappa shape index (κ3) is 4.73. The molecule has 7 heteroatoms. The lowest BCUT2D eigenvalue weighted by Gasteiger charge is -2.13. The topological polar surface area (TPSA) is 84.2 Å². The summed E-state index contributed by atoms with van der Waals surface area (Å²) in [7, 11) is -3.30. The summed E-state index contributed by atoms with van der Waals surface area (Å²) < 4.78 is 27.1. The number of aliphatic hydroxyl groups is 1. The molecule has 0 saturated carbocycles. The van der Waals surface area contributed by atoms with Gasteiger partial charge in [-0.05, 0) is 19.4 Å². The second kappa shape index (κ2) is 5.97. The van der Waals surface area contributed by atoms with Gasteiger partial charge in [-0.2, -0.15) is 5.10 Å². The Labute approximate surface area is 95.3 Å². The van der Waals surface area contributed by atoms with E-state index in [2.05, 4.69) is 9.82 Å². The Morgan fingerprint density at radius 3 is 2.88 bits per heavy atom. The van der Waals surface area contributed by atoms with Crippen LogP contribution in [0.5, 0.6) is 0 Å². The standard InChI is InChI=1S/C9H17N3O3S/c1-9(8-12-5-2-4-10-12)11-16(14,15)7-3-6-13/h2,4-5,9,11,13H,3,6-8H2,1H3. The summed E-state index contributed by atoms with van der Waals surface area (Å²) in [6.45, 7) is 2.15. The molecule has 0 bridgehead atoms. The van der Waals surface area contributed by atoms with Crippen molar-refractivity contribution in [2.24, 2.45) is 0 Å². The molecule has 0 amide bonds. The van der Waals surface area contributed by atoms with Crippen LogP contribution < -0.4 is 4.72 Å². The molecule has 0 fully saturated rings. The second-order valence-corrected chi connectivity index (χ2v) is 5.52. The van der Waals surface area contributed by atoms with Crippen LogP contribution >= 0.6 is 0 Å². The lowest BCUT2D eigenvalue weighted by Crippen LogP contribution is -2.37. The minimum Gasteiger partial charge on any atom is -0.396 e. The highest BCUT2D eigenvalue weighted by molar-refractivity contribution is 7.89. The highest BCUT2D eigenvalue weighted by atomic mass is 32.2. The predicted octanol–water partition coefficient (Wildman–Crippen LogP) is -0.427. The first-order chi connectivity index (χ1) is 7.53. The number of nitrogens with one attached hydrogen (secondary N) is 1. The van der Waals surface area contributed by atoms with Gasteiger partial charge in [0.05, 0.1) is 12.3 Å². The molecule has 0 aliphatic carbocycles. The van der Waals surface area contributed by atoms with Crippen LogP contribution in [-0.2, 0) is 16.6 Å². The van der Waals surface area contributed by atoms with E-state index in [0.29, 0.717) is 6.54 Å². The number of aromatic nitrogens is 2. The second-order valence-electron chi connectivity index (χ2n) is 3.64. The minimum atomic E-state index is -3.30. The Bertz CT molecular complexity index is 388. The lowest BCUT2D eigenvalue weighted by atomic mass is 10.4. The zero-order valence-electron chi connectivity index (χ0n) is 9.20. The van der Waals surface area contributed by atoms with E-state index in [9.17, 15) is 8.42 Å². The third-order valence-electron chi connectivity index (χ3n) is 1.97. The predicted molar refractivity (Wildman–Crippen MR) is 60.3 cm³/mol. The zero-order chi connectivity index (χ0) is 12.0. The largest absolute Gasteiger partial charge is 0.396 e. The molecule has 2 N–H and O–H groups in total. The van der Waals surface area contributed by atoms with Gasteiger partial charge in [0.15, 0.2) is 0 Å². The van der Waals surface area contributed by atoms with Crippen LogP contribution in [0, 0.1) is 0 Å². The molecule has 1 rings (SSSR count). The van der Waals surface area contributed by atoms with Gasteiger partial charge in [0.2, 0.25) is 10.0 Å². The first kappa shape index (κ1) is 13.1. The molecule has 1 unspecified atom stereocenters. The Morgan fingerprint density at radius 2 is 2.31 bits per heavy atom. The number of hydrogen-bond acceptors (Lipinski definition) is 4. The van der Waals surface area contributed by atoms with Crippen molar-refractivity contribution in [1.82, 2.24) is 14.5 Å². The van der Waals surface area contributed by atoms with Gasteiger partial charge in [-0.25, -0.2) is 13.1 Å². The summed E-state index contributed by atoms with van der Waals surface area (Å²) in [6, 6.07) is 1.57. The summed E-state index contributed by atoms with van der Waals surface area (Å²) in [6.07, 6.45) is 3.68. The molecule has 6 nitrogen and oxygen atoms in total. The molecule has 0 aliphatic heterocycles. The molecule has 16 heavy (non-hydrogen) atoms. The van der Waals surface area contributed by atoms with Crippen molar-refractivity contribution in [3.63, 3.8) is 0 Å². The van der Waals surface area contributed by atoms with Crippen molar-refractivity contribution in [1.29, 1.82) is 0 Å². The van der Waals surface area contributed by atoms with Crippen molar-refractivity contribution in [3.8, 4) is 0 Å². The van der Waals surface area contributed by atoms with Crippen LogP contribution in [0.25, 0.3) is 0 Å². The van der Waals surface area contributed by atoms with Gasteiger partial charge < -0.3 is 5.11 Å². The maximum absolute atomic E-state index is 11.5. The van der Waals surface area contributed by atoms with Crippen LogP contribution in [0.1, 0.15) is 13.3 Å². The number of nitrogens with zero attached hydrogens (tertiary/aromatic N) is 2. The molecule has 1 atom stereocenters. The van der Waals surface area contributed by atoms with E-state index in [1.54, 1.807) is 30.1 Å². The van der Waals surface area contributed by atoms with E-state index in [-0.39, 0.29) is 24.8 Å². The molecule has 0 spiro atoms. The molecule has 1 aromatic heterocycles. The summed E-state index contributed by atoms with van der Waals surface area (Å²) in [5, 5.41) is 12.6. The normalized spacial score (nSPS) is 13.9. The Kier molecular flexibility index (Phi) is 4.91. The molecule has 92 valence electrons. The van der Waals surface area contributed by atoms with E-state index in [0.717, 1.165) is 0 Å². The number of sulfonamides is 1. The smallest absolute Gasteiger partial charge is 0.211 e.